The summed E-state index contributed by atoms with van der Waals surface area (Å²) >= 11 is 6.25. The number of carbonyl (C=O) groups is 1. The fourth-order valence-electron chi connectivity index (χ4n) is 4.21. The summed E-state index contributed by atoms with van der Waals surface area (Å²) in [6, 6.07) is 9.62. The minimum Gasteiger partial charge on any atom is -0.352 e. The number of carbonyl (C=O) groups excluding carboxylic acids is 1. The van der Waals surface area contributed by atoms with Gasteiger partial charge < -0.3 is 20.0 Å². The Labute approximate surface area is 205 Å². The molecular weight excluding hydrogens is 450 g/mol. The number of hydrogen-bond donors (Lipinski definition) is 1. The van der Waals surface area contributed by atoms with Gasteiger partial charge in [0.05, 0.1) is 10.9 Å². The van der Waals surface area contributed by atoms with E-state index in [1.165, 1.54) is 0 Å². The molecule has 180 valence electrons. The van der Waals surface area contributed by atoms with Crippen molar-refractivity contribution in [1.29, 1.82) is 0 Å². The molecule has 0 saturated carbocycles. The molecule has 4 rings (SSSR count). The second-order valence-electron chi connectivity index (χ2n) is 8.35. The first kappa shape index (κ1) is 24.2. The smallest absolute Gasteiger partial charge is 0.223 e. The van der Waals surface area contributed by atoms with Crippen molar-refractivity contribution in [3.63, 3.8) is 0 Å². The van der Waals surface area contributed by atoms with Crippen molar-refractivity contribution in [2.75, 3.05) is 56.0 Å². The number of pyridine rings is 1. The molecular formula is C25H32ClN7O. The van der Waals surface area contributed by atoms with Crippen molar-refractivity contribution in [2.45, 2.75) is 26.8 Å². The van der Waals surface area contributed by atoms with Crippen molar-refractivity contribution in [3.05, 3.63) is 53.3 Å². The first-order chi connectivity index (χ1) is 16.6. The van der Waals surface area contributed by atoms with Crippen LogP contribution in [0.15, 0.2) is 42.7 Å². The molecule has 1 aromatic carbocycles. The van der Waals surface area contributed by atoms with E-state index in [9.17, 15) is 4.79 Å². The van der Waals surface area contributed by atoms with Crippen LogP contribution in [0.25, 0.3) is 10.9 Å². The lowest BCUT2D eigenvalue weighted by atomic mass is 10.2. The third-order valence-corrected chi connectivity index (χ3v) is 6.72. The maximum atomic E-state index is 12.6. The molecule has 0 radical (unpaired) electrons. The highest BCUT2D eigenvalue weighted by molar-refractivity contribution is 6.31. The summed E-state index contributed by atoms with van der Waals surface area (Å²) in [5.41, 5.74) is 1.83. The molecule has 1 amide bonds. The van der Waals surface area contributed by atoms with E-state index in [1.54, 1.807) is 6.20 Å². The van der Waals surface area contributed by atoms with E-state index in [4.69, 9.17) is 11.6 Å². The van der Waals surface area contributed by atoms with Crippen molar-refractivity contribution in [2.24, 2.45) is 0 Å². The van der Waals surface area contributed by atoms with Gasteiger partial charge >= 0.3 is 0 Å². The van der Waals surface area contributed by atoms with Crippen LogP contribution in [0.3, 0.4) is 0 Å². The molecule has 1 aliphatic heterocycles. The summed E-state index contributed by atoms with van der Waals surface area (Å²) in [5, 5.41) is 4.88. The Balaban J connectivity index is 1.38. The molecule has 1 saturated heterocycles. The van der Waals surface area contributed by atoms with Gasteiger partial charge in [-0.25, -0.2) is 15.0 Å². The third kappa shape index (κ3) is 5.74. The van der Waals surface area contributed by atoms with E-state index in [1.807, 2.05) is 41.4 Å². The molecule has 0 atom stereocenters. The Morgan fingerprint density at radius 2 is 1.85 bits per heavy atom. The van der Waals surface area contributed by atoms with E-state index in [0.717, 1.165) is 55.0 Å². The van der Waals surface area contributed by atoms with Crippen molar-refractivity contribution >= 4 is 40.2 Å². The molecule has 0 spiro atoms. The first-order valence-corrected chi connectivity index (χ1v) is 12.3. The van der Waals surface area contributed by atoms with Gasteiger partial charge in [0.1, 0.15) is 5.82 Å². The first-order valence-electron chi connectivity index (χ1n) is 11.9. The van der Waals surface area contributed by atoms with Crippen molar-refractivity contribution < 1.29 is 4.79 Å². The average Bonchev–Trinajstić information content (AvgIpc) is 2.88. The number of benzene rings is 1. The normalized spacial score (nSPS) is 14.1. The maximum Gasteiger partial charge on any atom is 0.223 e. The maximum absolute atomic E-state index is 12.6. The molecule has 1 fully saturated rings. The third-order valence-electron chi connectivity index (χ3n) is 6.35. The number of anilines is 2. The highest BCUT2D eigenvalue weighted by Gasteiger charge is 2.23. The Kier molecular flexibility index (Phi) is 8.13. The number of rotatable bonds is 9. The Morgan fingerprint density at radius 3 is 2.59 bits per heavy atom. The van der Waals surface area contributed by atoms with Crippen molar-refractivity contribution in [3.8, 4) is 0 Å². The Morgan fingerprint density at radius 1 is 1.09 bits per heavy atom. The zero-order valence-electron chi connectivity index (χ0n) is 19.9. The van der Waals surface area contributed by atoms with Crippen LogP contribution in [-0.4, -0.2) is 76.5 Å². The standard InChI is InChI=1S/C25H32ClN7O/c1-3-31(4-2)12-10-23(34)32-13-15-33(16-14-32)24-20-18-29-25(30-22(20)9-11-27-24)28-17-19-7-5-6-8-21(19)26/h5-9,11,18H,3-4,10,12-17H2,1-2H3,(H,28,29,30). The molecule has 3 heterocycles. The van der Waals surface area contributed by atoms with Gasteiger partial charge in [-0.05, 0) is 30.8 Å². The lowest BCUT2D eigenvalue weighted by Crippen LogP contribution is -2.49. The van der Waals surface area contributed by atoms with E-state index in [0.29, 0.717) is 37.0 Å². The largest absolute Gasteiger partial charge is 0.352 e. The Bertz CT molecular complexity index is 1110. The second-order valence-corrected chi connectivity index (χ2v) is 8.76. The van der Waals surface area contributed by atoms with Gasteiger partial charge in [-0.15, -0.1) is 0 Å². The predicted molar refractivity (Wildman–Crippen MR) is 137 cm³/mol. The highest BCUT2D eigenvalue weighted by Crippen LogP contribution is 2.25. The molecule has 1 aliphatic rings. The van der Waals surface area contributed by atoms with E-state index in [2.05, 4.69) is 43.9 Å². The number of hydrogen-bond acceptors (Lipinski definition) is 7. The van der Waals surface area contributed by atoms with Gasteiger partial charge in [0.25, 0.3) is 0 Å². The summed E-state index contributed by atoms with van der Waals surface area (Å²) < 4.78 is 0. The van der Waals surface area contributed by atoms with Crippen LogP contribution in [0.5, 0.6) is 0 Å². The topological polar surface area (TPSA) is 77.5 Å². The fraction of sp³-hybridized carbons (Fsp3) is 0.440. The molecule has 3 aromatic rings. The molecule has 0 aliphatic carbocycles. The monoisotopic (exact) mass is 481 g/mol. The number of piperazine rings is 1. The highest BCUT2D eigenvalue weighted by atomic mass is 35.5. The quantitative estimate of drug-likeness (QED) is 0.499. The summed E-state index contributed by atoms with van der Waals surface area (Å²) in [6.45, 7) is 10.5. The lowest BCUT2D eigenvalue weighted by molar-refractivity contribution is -0.131. The number of halogens is 1. The van der Waals surface area contributed by atoms with Gasteiger partial charge in [-0.1, -0.05) is 43.6 Å². The molecule has 34 heavy (non-hydrogen) atoms. The zero-order chi connectivity index (χ0) is 23.9. The minimum absolute atomic E-state index is 0.231. The Hall–Kier alpha value is -2.97. The van der Waals surface area contributed by atoms with Crippen molar-refractivity contribution in [1.82, 2.24) is 24.8 Å². The molecule has 0 unspecified atom stereocenters. The van der Waals surface area contributed by atoms with Gasteiger partial charge in [0.2, 0.25) is 11.9 Å². The van der Waals surface area contributed by atoms with Gasteiger partial charge in [-0.3, -0.25) is 4.79 Å². The van der Waals surface area contributed by atoms with Crippen LogP contribution in [0, 0.1) is 0 Å². The summed E-state index contributed by atoms with van der Waals surface area (Å²) in [6.07, 6.45) is 4.18. The number of nitrogens with zero attached hydrogens (tertiary/aromatic N) is 6. The predicted octanol–water partition coefficient (Wildman–Crippen LogP) is 3.67. The molecule has 0 bridgehead atoms. The molecule has 2 aromatic heterocycles. The fourth-order valence-corrected chi connectivity index (χ4v) is 4.42. The van der Waals surface area contributed by atoms with Crippen LogP contribution in [0.2, 0.25) is 5.02 Å². The average molecular weight is 482 g/mol. The number of aromatic nitrogens is 3. The van der Waals surface area contributed by atoms with E-state index < -0.39 is 0 Å². The van der Waals surface area contributed by atoms with Crippen LogP contribution in [-0.2, 0) is 11.3 Å². The van der Waals surface area contributed by atoms with Crippen LogP contribution >= 0.6 is 11.6 Å². The lowest BCUT2D eigenvalue weighted by Gasteiger charge is -2.36. The van der Waals surface area contributed by atoms with E-state index in [-0.39, 0.29) is 5.91 Å². The number of fused-ring (bicyclic) bond motifs is 1. The molecule has 9 heteroatoms. The van der Waals surface area contributed by atoms with E-state index >= 15 is 0 Å². The van der Waals surface area contributed by atoms with Gasteiger partial charge in [-0.2, -0.15) is 0 Å². The van der Waals surface area contributed by atoms with Crippen LogP contribution in [0.1, 0.15) is 25.8 Å². The minimum atomic E-state index is 0.231. The number of nitrogens with one attached hydrogen (secondary N) is 1. The zero-order valence-corrected chi connectivity index (χ0v) is 20.6. The van der Waals surface area contributed by atoms with Crippen LogP contribution in [0.4, 0.5) is 11.8 Å². The van der Waals surface area contributed by atoms with Gasteiger partial charge in [0, 0.05) is 63.1 Å². The molecule has 1 N–H and O–H groups in total. The molecule has 8 nitrogen and oxygen atoms in total. The SMILES string of the molecule is CCN(CC)CCC(=O)N1CCN(c2nccc3nc(NCc4ccccc4Cl)ncc23)CC1. The second kappa shape index (κ2) is 11.4. The van der Waals surface area contributed by atoms with Gasteiger partial charge in [0.15, 0.2) is 0 Å². The summed E-state index contributed by atoms with van der Waals surface area (Å²) in [7, 11) is 0. The summed E-state index contributed by atoms with van der Waals surface area (Å²) in [5.74, 6) is 1.65. The van der Waals surface area contributed by atoms with Crippen LogP contribution < -0.4 is 10.2 Å². The summed E-state index contributed by atoms with van der Waals surface area (Å²) in [4.78, 5) is 32.9. The number of amides is 1.